The van der Waals surface area contributed by atoms with Gasteiger partial charge in [0.05, 0.1) is 0 Å². The SMILES string of the molecule is C=CCOc1ccc(C=C(C)CNC)cc1. The third-order valence-electron chi connectivity index (χ3n) is 2.12. The molecule has 1 rings (SSSR count). The molecule has 0 aliphatic carbocycles. The molecule has 1 N–H and O–H groups in total. The summed E-state index contributed by atoms with van der Waals surface area (Å²) in [7, 11) is 1.95. The van der Waals surface area contributed by atoms with Gasteiger partial charge in [-0.1, -0.05) is 36.4 Å². The van der Waals surface area contributed by atoms with Gasteiger partial charge in [-0.2, -0.15) is 0 Å². The van der Waals surface area contributed by atoms with Gasteiger partial charge in [-0.15, -0.1) is 0 Å². The fraction of sp³-hybridized carbons (Fsp3) is 0.286. The van der Waals surface area contributed by atoms with Gasteiger partial charge < -0.3 is 10.1 Å². The van der Waals surface area contributed by atoms with Crippen LogP contribution in [0.2, 0.25) is 0 Å². The molecule has 0 bridgehead atoms. The van der Waals surface area contributed by atoms with E-state index in [2.05, 4.69) is 37.0 Å². The Morgan fingerprint density at radius 3 is 2.62 bits per heavy atom. The molecule has 0 aromatic heterocycles. The van der Waals surface area contributed by atoms with Crippen LogP contribution in [0.15, 0.2) is 42.5 Å². The highest BCUT2D eigenvalue weighted by molar-refractivity contribution is 5.53. The zero-order chi connectivity index (χ0) is 11.8. The zero-order valence-electron chi connectivity index (χ0n) is 9.99. The van der Waals surface area contributed by atoms with Crippen LogP contribution >= 0.6 is 0 Å². The van der Waals surface area contributed by atoms with Crippen LogP contribution in [0.1, 0.15) is 12.5 Å². The number of ether oxygens (including phenoxy) is 1. The van der Waals surface area contributed by atoms with Crippen molar-refractivity contribution in [2.45, 2.75) is 6.92 Å². The fourth-order valence-corrected chi connectivity index (χ4v) is 1.43. The second-order valence-corrected chi connectivity index (χ2v) is 3.69. The summed E-state index contributed by atoms with van der Waals surface area (Å²) in [6.07, 6.45) is 3.90. The molecule has 0 aliphatic heterocycles. The molecule has 0 unspecified atom stereocenters. The van der Waals surface area contributed by atoms with Gasteiger partial charge in [0.2, 0.25) is 0 Å². The number of benzene rings is 1. The topological polar surface area (TPSA) is 21.3 Å². The third-order valence-corrected chi connectivity index (χ3v) is 2.12. The van der Waals surface area contributed by atoms with E-state index in [9.17, 15) is 0 Å². The summed E-state index contributed by atoms with van der Waals surface area (Å²) < 4.78 is 5.41. The zero-order valence-corrected chi connectivity index (χ0v) is 9.99. The number of hydrogen-bond donors (Lipinski definition) is 1. The molecule has 0 aliphatic rings. The average molecular weight is 217 g/mol. The van der Waals surface area contributed by atoms with Crippen LogP contribution in [0.25, 0.3) is 6.08 Å². The van der Waals surface area contributed by atoms with Crippen molar-refractivity contribution < 1.29 is 4.74 Å². The Kier molecular flexibility index (Phi) is 5.37. The van der Waals surface area contributed by atoms with Crippen LogP contribution < -0.4 is 10.1 Å². The molecule has 0 heterocycles. The first-order valence-corrected chi connectivity index (χ1v) is 5.42. The highest BCUT2D eigenvalue weighted by atomic mass is 16.5. The van der Waals surface area contributed by atoms with E-state index >= 15 is 0 Å². The van der Waals surface area contributed by atoms with Gasteiger partial charge >= 0.3 is 0 Å². The summed E-state index contributed by atoms with van der Waals surface area (Å²) in [5, 5.41) is 3.12. The first kappa shape index (κ1) is 12.5. The van der Waals surface area contributed by atoms with Gasteiger partial charge in [0.15, 0.2) is 0 Å². The monoisotopic (exact) mass is 217 g/mol. The summed E-state index contributed by atoms with van der Waals surface area (Å²) in [5.41, 5.74) is 2.50. The van der Waals surface area contributed by atoms with Gasteiger partial charge in [-0.3, -0.25) is 0 Å². The van der Waals surface area contributed by atoms with E-state index in [1.165, 1.54) is 11.1 Å². The van der Waals surface area contributed by atoms with E-state index in [0.717, 1.165) is 12.3 Å². The quantitative estimate of drug-likeness (QED) is 0.740. The lowest BCUT2D eigenvalue weighted by Crippen LogP contribution is -2.08. The van der Waals surface area contributed by atoms with E-state index in [1.807, 2.05) is 19.2 Å². The van der Waals surface area contributed by atoms with Crippen molar-refractivity contribution in [1.82, 2.24) is 5.32 Å². The van der Waals surface area contributed by atoms with Crippen LogP contribution in [-0.2, 0) is 0 Å². The van der Waals surface area contributed by atoms with E-state index in [0.29, 0.717) is 6.61 Å². The Morgan fingerprint density at radius 1 is 1.38 bits per heavy atom. The lowest BCUT2D eigenvalue weighted by Gasteiger charge is -2.04. The fourth-order valence-electron chi connectivity index (χ4n) is 1.43. The van der Waals surface area contributed by atoms with E-state index in [4.69, 9.17) is 4.74 Å². The first-order valence-electron chi connectivity index (χ1n) is 5.42. The van der Waals surface area contributed by atoms with Crippen molar-refractivity contribution in [3.63, 3.8) is 0 Å². The van der Waals surface area contributed by atoms with Crippen LogP contribution in [-0.4, -0.2) is 20.2 Å². The highest BCUT2D eigenvalue weighted by Gasteiger charge is 1.93. The Hall–Kier alpha value is -1.54. The van der Waals surface area contributed by atoms with Gasteiger partial charge in [0.1, 0.15) is 12.4 Å². The summed E-state index contributed by atoms with van der Waals surface area (Å²) in [5.74, 6) is 0.878. The predicted molar refractivity (Wildman–Crippen MR) is 69.7 cm³/mol. The van der Waals surface area contributed by atoms with E-state index in [-0.39, 0.29) is 0 Å². The second kappa shape index (κ2) is 6.85. The lowest BCUT2D eigenvalue weighted by atomic mass is 10.1. The standard InChI is InChI=1S/C14H19NO/c1-4-9-16-14-7-5-13(6-8-14)10-12(2)11-15-3/h4-8,10,15H,1,9,11H2,2-3H3. The molecule has 0 spiro atoms. The van der Waals surface area contributed by atoms with Crippen LogP contribution in [0.4, 0.5) is 0 Å². The number of nitrogens with one attached hydrogen (secondary N) is 1. The van der Waals surface area contributed by atoms with Gasteiger partial charge in [0.25, 0.3) is 0 Å². The molecule has 16 heavy (non-hydrogen) atoms. The molecule has 0 fully saturated rings. The maximum atomic E-state index is 5.41. The van der Waals surface area contributed by atoms with Crippen molar-refractivity contribution in [3.05, 3.63) is 48.1 Å². The van der Waals surface area contributed by atoms with Gasteiger partial charge in [-0.05, 0) is 31.7 Å². The van der Waals surface area contributed by atoms with Crippen molar-refractivity contribution in [3.8, 4) is 5.75 Å². The molecule has 0 amide bonds. The normalized spacial score (nSPS) is 11.2. The van der Waals surface area contributed by atoms with Crippen molar-refractivity contribution >= 4 is 6.08 Å². The molecule has 86 valence electrons. The number of likely N-dealkylation sites (N-methyl/N-ethyl adjacent to an activating group) is 1. The Labute approximate surface area is 97.6 Å². The van der Waals surface area contributed by atoms with Crippen LogP contribution in [0.3, 0.4) is 0 Å². The molecular formula is C14H19NO. The molecule has 0 radical (unpaired) electrons. The van der Waals surface area contributed by atoms with E-state index in [1.54, 1.807) is 6.08 Å². The summed E-state index contributed by atoms with van der Waals surface area (Å²) >= 11 is 0. The highest BCUT2D eigenvalue weighted by Crippen LogP contribution is 2.14. The minimum Gasteiger partial charge on any atom is -0.490 e. The van der Waals surface area contributed by atoms with Crippen molar-refractivity contribution in [2.75, 3.05) is 20.2 Å². The lowest BCUT2D eigenvalue weighted by molar-refractivity contribution is 0.363. The Bertz CT molecular complexity index is 352. The summed E-state index contributed by atoms with van der Waals surface area (Å²) in [6.45, 7) is 7.18. The molecule has 2 heteroatoms. The minimum atomic E-state index is 0.550. The predicted octanol–water partition coefficient (Wildman–Crippen LogP) is 2.87. The van der Waals surface area contributed by atoms with Gasteiger partial charge in [-0.25, -0.2) is 0 Å². The van der Waals surface area contributed by atoms with Crippen molar-refractivity contribution in [2.24, 2.45) is 0 Å². The third kappa shape index (κ3) is 4.32. The average Bonchev–Trinajstić information content (AvgIpc) is 2.28. The maximum Gasteiger partial charge on any atom is 0.119 e. The smallest absolute Gasteiger partial charge is 0.119 e. The molecule has 2 nitrogen and oxygen atoms in total. The second-order valence-electron chi connectivity index (χ2n) is 3.69. The molecule has 1 aromatic carbocycles. The first-order chi connectivity index (χ1) is 7.76. The van der Waals surface area contributed by atoms with E-state index < -0.39 is 0 Å². The van der Waals surface area contributed by atoms with Crippen LogP contribution in [0, 0.1) is 0 Å². The van der Waals surface area contributed by atoms with Crippen LogP contribution in [0.5, 0.6) is 5.75 Å². The molecule has 0 saturated heterocycles. The van der Waals surface area contributed by atoms with Gasteiger partial charge in [0, 0.05) is 6.54 Å². The number of rotatable bonds is 6. The molecule has 0 atom stereocenters. The Morgan fingerprint density at radius 2 is 2.06 bits per heavy atom. The molecule has 1 aromatic rings. The minimum absolute atomic E-state index is 0.550. The Balaban J connectivity index is 2.63. The van der Waals surface area contributed by atoms with Crippen molar-refractivity contribution in [1.29, 1.82) is 0 Å². The largest absolute Gasteiger partial charge is 0.490 e. The number of hydrogen-bond acceptors (Lipinski definition) is 2. The maximum absolute atomic E-state index is 5.41. The molecule has 0 saturated carbocycles. The molecular weight excluding hydrogens is 198 g/mol. The summed E-state index contributed by atoms with van der Waals surface area (Å²) in [4.78, 5) is 0. The summed E-state index contributed by atoms with van der Waals surface area (Å²) in [6, 6.07) is 8.05.